The summed E-state index contributed by atoms with van der Waals surface area (Å²) >= 11 is 0. The maximum atomic E-state index is 12.5. The molecule has 1 aliphatic rings. The lowest BCUT2D eigenvalue weighted by Crippen LogP contribution is -2.45. The number of nitrogens with two attached hydrogens (primary N) is 2. The maximum Gasteiger partial charge on any atom is 0.335 e. The molecule has 0 aliphatic heterocycles. The first-order valence-corrected chi connectivity index (χ1v) is 16.1. The average molecular weight is 649 g/mol. The van der Waals surface area contributed by atoms with E-state index in [1.807, 2.05) is 60.3 Å². The molecule has 1 fully saturated rings. The Bertz CT molecular complexity index is 2020. The van der Waals surface area contributed by atoms with Gasteiger partial charge in [0.15, 0.2) is 0 Å². The highest BCUT2D eigenvalue weighted by Crippen LogP contribution is 2.34. The van der Waals surface area contributed by atoms with Crippen LogP contribution in [0.15, 0.2) is 72.9 Å². The van der Waals surface area contributed by atoms with Crippen molar-refractivity contribution in [3.8, 4) is 16.8 Å². The third kappa shape index (κ3) is 6.86. The highest BCUT2D eigenvalue weighted by molar-refractivity contribution is 6.01. The van der Waals surface area contributed by atoms with E-state index < -0.39 is 29.5 Å². The molecule has 2 heterocycles. The molecule has 1 unspecified atom stereocenters. The Morgan fingerprint density at radius 3 is 2.44 bits per heavy atom. The Kier molecular flexibility index (Phi) is 8.89. The van der Waals surface area contributed by atoms with Crippen LogP contribution in [0.5, 0.6) is 0 Å². The van der Waals surface area contributed by atoms with Crippen LogP contribution >= 0.6 is 0 Å². The highest BCUT2D eigenvalue weighted by Gasteiger charge is 2.32. The van der Waals surface area contributed by atoms with Gasteiger partial charge in [-0.1, -0.05) is 30.3 Å². The summed E-state index contributed by atoms with van der Waals surface area (Å²) in [4.78, 5) is 41.9. The van der Waals surface area contributed by atoms with Gasteiger partial charge in [0.05, 0.1) is 28.0 Å². The van der Waals surface area contributed by atoms with Gasteiger partial charge in [-0.05, 0) is 95.3 Å². The zero-order valence-electron chi connectivity index (χ0n) is 27.5. The van der Waals surface area contributed by atoms with Crippen LogP contribution in [0.3, 0.4) is 0 Å². The summed E-state index contributed by atoms with van der Waals surface area (Å²) < 4.78 is 12.6. The number of para-hydroxylation sites is 1. The number of anilines is 1. The van der Waals surface area contributed by atoms with E-state index in [-0.39, 0.29) is 12.1 Å². The summed E-state index contributed by atoms with van der Waals surface area (Å²) in [6.45, 7) is 7.10. The Balaban J connectivity index is 1.20. The predicted molar refractivity (Wildman–Crippen MR) is 185 cm³/mol. The number of pyridine rings is 1. The molecule has 0 radical (unpaired) electrons. The second kappa shape index (κ2) is 13.1. The lowest BCUT2D eigenvalue weighted by molar-refractivity contribution is -0.166. The largest absolute Gasteiger partial charge is 0.461 e. The number of carbonyl (C=O) groups is 3. The van der Waals surface area contributed by atoms with Crippen molar-refractivity contribution in [1.82, 2.24) is 14.8 Å². The number of aromatic nitrogens is 3. The fourth-order valence-corrected chi connectivity index (χ4v) is 6.25. The van der Waals surface area contributed by atoms with E-state index in [2.05, 4.69) is 28.5 Å². The lowest BCUT2D eigenvalue weighted by atomic mass is 9.92. The van der Waals surface area contributed by atoms with E-state index in [1.165, 1.54) is 0 Å². The maximum absolute atomic E-state index is 12.5. The van der Waals surface area contributed by atoms with Crippen LogP contribution in [-0.4, -0.2) is 56.4 Å². The first-order chi connectivity index (χ1) is 22.9. The molecule has 1 saturated carbocycles. The minimum absolute atomic E-state index is 0.00376. The van der Waals surface area contributed by atoms with Gasteiger partial charge in [-0.15, -0.1) is 0 Å². The molecule has 0 saturated heterocycles. The summed E-state index contributed by atoms with van der Waals surface area (Å²) in [7, 11) is 0. The van der Waals surface area contributed by atoms with Gasteiger partial charge in [-0.25, -0.2) is 14.3 Å². The van der Waals surface area contributed by atoms with Gasteiger partial charge < -0.3 is 26.3 Å². The molecule has 5 N–H and O–H groups in total. The number of aryl methyl sites for hydroxylation is 1. The molecule has 11 heteroatoms. The number of nitrogens with zero attached hydrogens (tertiary/aromatic N) is 3. The minimum Gasteiger partial charge on any atom is -0.461 e. The molecule has 248 valence electrons. The Labute approximate surface area is 278 Å². The van der Waals surface area contributed by atoms with E-state index in [0.717, 1.165) is 44.3 Å². The third-order valence-corrected chi connectivity index (χ3v) is 8.53. The normalized spacial score (nSPS) is 17.2. The van der Waals surface area contributed by atoms with Gasteiger partial charge >= 0.3 is 11.9 Å². The smallest absolute Gasteiger partial charge is 0.335 e. The molecule has 5 aromatic rings. The fourth-order valence-electron chi connectivity index (χ4n) is 6.25. The van der Waals surface area contributed by atoms with Crippen molar-refractivity contribution < 1.29 is 23.9 Å². The second-order valence-corrected chi connectivity index (χ2v) is 13.3. The number of carbonyl (C=O) groups excluding carboxylic acids is 3. The number of esters is 2. The van der Waals surface area contributed by atoms with Crippen molar-refractivity contribution in [2.24, 2.45) is 11.5 Å². The van der Waals surface area contributed by atoms with Crippen molar-refractivity contribution in [2.75, 3.05) is 5.32 Å². The van der Waals surface area contributed by atoms with E-state index in [1.54, 1.807) is 26.8 Å². The number of rotatable bonds is 8. The monoisotopic (exact) mass is 648 g/mol. The summed E-state index contributed by atoms with van der Waals surface area (Å²) in [6, 6.07) is 20.2. The molecule has 0 spiro atoms. The van der Waals surface area contributed by atoms with Crippen molar-refractivity contribution in [3.05, 3.63) is 84.2 Å². The van der Waals surface area contributed by atoms with E-state index >= 15 is 0 Å². The molecule has 3 aromatic carbocycles. The molecular formula is C37H40N6O5. The van der Waals surface area contributed by atoms with Crippen LogP contribution in [0.1, 0.15) is 62.5 Å². The van der Waals surface area contributed by atoms with E-state index in [4.69, 9.17) is 26.0 Å². The van der Waals surface area contributed by atoms with Crippen LogP contribution < -0.4 is 16.8 Å². The zero-order chi connectivity index (χ0) is 34.2. The number of primary amides is 1. The number of nitrogens with one attached hydrogen (secondary N) is 1. The average Bonchev–Trinajstić information content (AvgIpc) is 3.40. The minimum atomic E-state index is -1.50. The number of amides is 1. The first kappa shape index (κ1) is 32.6. The van der Waals surface area contributed by atoms with Crippen LogP contribution in [0.25, 0.3) is 38.6 Å². The zero-order valence-corrected chi connectivity index (χ0v) is 27.5. The molecule has 48 heavy (non-hydrogen) atoms. The summed E-state index contributed by atoms with van der Waals surface area (Å²) in [6.07, 6.45) is 3.96. The van der Waals surface area contributed by atoms with Gasteiger partial charge in [0.2, 0.25) is 6.04 Å². The number of hydrogen-bond acceptors (Lipinski definition) is 9. The molecule has 1 amide bonds. The fraction of sp³-hybridized carbons (Fsp3) is 0.324. The second-order valence-electron chi connectivity index (χ2n) is 13.3. The molecule has 2 aromatic heterocycles. The number of ether oxygens (including phenoxy) is 2. The predicted octanol–water partition coefficient (Wildman–Crippen LogP) is 5.58. The van der Waals surface area contributed by atoms with Crippen LogP contribution in [-0.2, 0) is 19.1 Å². The number of hydrogen-bond donors (Lipinski definition) is 3. The Hall–Kier alpha value is -5.29. The molecule has 0 bridgehead atoms. The van der Waals surface area contributed by atoms with Crippen LogP contribution in [0, 0.1) is 6.92 Å². The van der Waals surface area contributed by atoms with Crippen molar-refractivity contribution in [1.29, 1.82) is 0 Å². The lowest BCUT2D eigenvalue weighted by Gasteiger charge is -2.30. The highest BCUT2D eigenvalue weighted by atomic mass is 16.6. The van der Waals surface area contributed by atoms with E-state index in [9.17, 15) is 14.4 Å². The first-order valence-electron chi connectivity index (χ1n) is 16.1. The van der Waals surface area contributed by atoms with Gasteiger partial charge in [0.25, 0.3) is 5.91 Å². The Morgan fingerprint density at radius 1 is 0.958 bits per heavy atom. The third-order valence-electron chi connectivity index (χ3n) is 8.53. The molecular weight excluding hydrogens is 608 g/mol. The number of fused-ring (bicyclic) bond motifs is 2. The summed E-state index contributed by atoms with van der Waals surface area (Å²) in [5.74, 6) is -2.16. The molecule has 1 aliphatic carbocycles. The van der Waals surface area contributed by atoms with Gasteiger partial charge in [0.1, 0.15) is 11.7 Å². The van der Waals surface area contributed by atoms with Gasteiger partial charge in [-0.2, -0.15) is 5.10 Å². The SMILES string of the molecule is Cc1nn(-c2ccc(C(N)=O)c(NC3CCC(OC(=O)C(N)C(=O)OC(C)(C)C)CC3)c2)c2cccc(-c3cnc4ccccc4c3)c12. The molecule has 6 rings (SSSR count). The van der Waals surface area contributed by atoms with E-state index in [0.29, 0.717) is 36.9 Å². The topological polar surface area (TPSA) is 164 Å². The van der Waals surface area contributed by atoms with Crippen molar-refractivity contribution >= 4 is 45.3 Å². The summed E-state index contributed by atoms with van der Waals surface area (Å²) in [5, 5.41) is 10.5. The molecule has 11 nitrogen and oxygen atoms in total. The van der Waals surface area contributed by atoms with Crippen molar-refractivity contribution in [3.63, 3.8) is 0 Å². The Morgan fingerprint density at radius 2 is 1.71 bits per heavy atom. The van der Waals surface area contributed by atoms with Crippen molar-refractivity contribution in [2.45, 2.75) is 77.2 Å². The van der Waals surface area contributed by atoms with Gasteiger partial charge in [0, 0.05) is 34.3 Å². The van der Waals surface area contributed by atoms with Crippen LogP contribution in [0.4, 0.5) is 5.69 Å². The quantitative estimate of drug-likeness (QED) is 0.144. The standard InChI is InChI=1S/C37H40N6O5/c1-21-32-27(23-18-22-8-5-6-10-29(22)40-20-23)9-7-11-31(32)43(42-21)25-14-17-28(34(39)44)30(19-25)41-24-12-15-26(16-13-24)47-35(45)33(38)36(46)48-37(2,3)4/h5-11,14,17-20,24,26,33,41H,12-13,15-16,38H2,1-4H3,(H2,39,44). The number of benzene rings is 3. The van der Waals surface area contributed by atoms with Crippen LogP contribution in [0.2, 0.25) is 0 Å². The molecule has 1 atom stereocenters. The van der Waals surface area contributed by atoms with Gasteiger partial charge in [-0.3, -0.25) is 9.78 Å². The summed E-state index contributed by atoms with van der Waals surface area (Å²) in [5.41, 5.74) is 17.3.